The Hall–Kier alpha value is -4.16. The molecule has 0 aliphatic rings. The minimum absolute atomic E-state index is 0.0282. The fraction of sp³-hybridized carbons (Fsp3) is 0.355. The van der Waals surface area contributed by atoms with Gasteiger partial charge in [-0.25, -0.2) is 8.42 Å². The number of hydrogen-bond donors (Lipinski definition) is 1. The second-order valence-corrected chi connectivity index (χ2v) is 12.0. The van der Waals surface area contributed by atoms with Gasteiger partial charge in [-0.05, 0) is 61.4 Å². The average Bonchev–Trinajstić information content (AvgIpc) is 3.04. The molecule has 3 aromatic carbocycles. The molecule has 13 heteroatoms. The first kappa shape index (κ1) is 34.3. The smallest absolute Gasteiger partial charge is 0.265 e. The van der Waals surface area contributed by atoms with Crippen molar-refractivity contribution in [1.29, 1.82) is 0 Å². The molecule has 3 aromatic rings. The Labute approximate surface area is 263 Å². The third kappa shape index (κ3) is 8.06. The molecule has 44 heavy (non-hydrogen) atoms. The molecule has 1 N–H and O–H groups in total. The van der Waals surface area contributed by atoms with E-state index in [0.717, 1.165) is 4.31 Å². The second-order valence-electron chi connectivity index (χ2n) is 9.68. The number of carbonyl (C=O) groups is 2. The van der Waals surface area contributed by atoms with Crippen LogP contribution >= 0.6 is 11.6 Å². The van der Waals surface area contributed by atoms with Crippen molar-refractivity contribution in [2.24, 2.45) is 0 Å². The van der Waals surface area contributed by atoms with E-state index in [1.165, 1.54) is 56.6 Å². The highest BCUT2D eigenvalue weighted by Crippen LogP contribution is 2.37. The third-order valence-electron chi connectivity index (χ3n) is 6.86. The predicted octanol–water partition coefficient (Wildman–Crippen LogP) is 4.51. The van der Waals surface area contributed by atoms with Gasteiger partial charge in [0.2, 0.25) is 11.8 Å². The highest BCUT2D eigenvalue weighted by atomic mass is 35.5. The molecule has 0 radical (unpaired) electrons. The van der Waals surface area contributed by atoms with Crippen molar-refractivity contribution >= 4 is 39.1 Å². The maximum atomic E-state index is 14.3. The summed E-state index contributed by atoms with van der Waals surface area (Å²) in [7, 11) is 1.31. The maximum absolute atomic E-state index is 14.3. The van der Waals surface area contributed by atoms with E-state index < -0.39 is 28.5 Å². The Balaban J connectivity index is 2.13. The van der Waals surface area contributed by atoms with Crippen LogP contribution in [-0.4, -0.2) is 72.7 Å². The molecule has 0 aliphatic heterocycles. The highest BCUT2D eigenvalue weighted by molar-refractivity contribution is 7.92. The highest BCUT2D eigenvalue weighted by Gasteiger charge is 2.34. The van der Waals surface area contributed by atoms with E-state index in [1.54, 1.807) is 44.4 Å². The number of amides is 2. The molecule has 0 unspecified atom stereocenters. The molecule has 1 atom stereocenters. The minimum Gasteiger partial charge on any atom is -0.497 e. The minimum atomic E-state index is -4.44. The van der Waals surface area contributed by atoms with Crippen LogP contribution in [0.1, 0.15) is 25.8 Å². The number of anilines is 1. The number of sulfonamides is 1. The number of carbonyl (C=O) groups excluding carboxylic acids is 2. The summed E-state index contributed by atoms with van der Waals surface area (Å²) in [6.07, 6.45) is 0.705. The molecule has 238 valence electrons. The fourth-order valence-corrected chi connectivity index (χ4v) is 5.98. The molecule has 0 heterocycles. The van der Waals surface area contributed by atoms with E-state index in [4.69, 9.17) is 30.5 Å². The van der Waals surface area contributed by atoms with Crippen molar-refractivity contribution < 1.29 is 37.0 Å². The second kappa shape index (κ2) is 15.5. The van der Waals surface area contributed by atoms with Gasteiger partial charge in [-0.3, -0.25) is 13.9 Å². The Bertz CT molecular complexity index is 1550. The molecule has 0 saturated carbocycles. The van der Waals surface area contributed by atoms with E-state index in [0.29, 0.717) is 30.0 Å². The van der Waals surface area contributed by atoms with Gasteiger partial charge in [0, 0.05) is 24.2 Å². The molecule has 0 fully saturated rings. The molecule has 0 bridgehead atoms. The van der Waals surface area contributed by atoms with Crippen LogP contribution in [0.3, 0.4) is 0 Å². The zero-order valence-corrected chi connectivity index (χ0v) is 27.2. The van der Waals surface area contributed by atoms with Crippen LogP contribution in [0.5, 0.6) is 23.0 Å². The lowest BCUT2D eigenvalue weighted by Gasteiger charge is -2.32. The van der Waals surface area contributed by atoms with Crippen LogP contribution in [0.2, 0.25) is 5.02 Å². The van der Waals surface area contributed by atoms with Crippen molar-refractivity contribution in [1.82, 2.24) is 10.2 Å². The van der Waals surface area contributed by atoms with Crippen LogP contribution in [-0.2, 0) is 26.2 Å². The monoisotopic (exact) mass is 647 g/mol. The van der Waals surface area contributed by atoms with Crippen molar-refractivity contribution in [2.75, 3.05) is 45.8 Å². The number of nitrogens with one attached hydrogen (secondary N) is 1. The van der Waals surface area contributed by atoms with E-state index in [1.807, 2.05) is 6.92 Å². The van der Waals surface area contributed by atoms with E-state index in [-0.39, 0.29) is 39.6 Å². The van der Waals surface area contributed by atoms with Crippen LogP contribution in [0.15, 0.2) is 65.6 Å². The summed E-state index contributed by atoms with van der Waals surface area (Å²) in [4.78, 5) is 28.4. The lowest BCUT2D eigenvalue weighted by molar-refractivity contribution is -0.139. The molecule has 11 nitrogen and oxygen atoms in total. The van der Waals surface area contributed by atoms with Crippen molar-refractivity contribution in [3.05, 3.63) is 71.2 Å². The van der Waals surface area contributed by atoms with Crippen LogP contribution in [0.25, 0.3) is 0 Å². The van der Waals surface area contributed by atoms with Gasteiger partial charge in [0.1, 0.15) is 24.1 Å². The molecule has 0 aliphatic carbocycles. The first-order valence-corrected chi connectivity index (χ1v) is 15.6. The lowest BCUT2D eigenvalue weighted by atomic mass is 10.1. The number of rotatable bonds is 15. The number of methoxy groups -OCH3 is 4. The molecular weight excluding hydrogens is 610 g/mol. The Morgan fingerprint density at radius 1 is 0.864 bits per heavy atom. The summed E-state index contributed by atoms with van der Waals surface area (Å²) in [5, 5.41) is 3.04. The van der Waals surface area contributed by atoms with Gasteiger partial charge in [-0.2, -0.15) is 0 Å². The van der Waals surface area contributed by atoms with Gasteiger partial charge in [-0.15, -0.1) is 0 Å². The van der Waals surface area contributed by atoms with E-state index in [9.17, 15) is 18.0 Å². The average molecular weight is 648 g/mol. The molecule has 0 spiro atoms. The quantitative estimate of drug-likeness (QED) is 0.256. The van der Waals surface area contributed by atoms with Crippen LogP contribution in [0, 0.1) is 0 Å². The SMILES string of the molecule is CCCNC(=O)[C@H](C)N(Cc1ccc(OC)cc1)C(=O)CN(c1cc(Cl)ccc1OC)S(=O)(=O)c1ccc(OC)c(OC)c1. The zero-order valence-electron chi connectivity index (χ0n) is 25.6. The largest absolute Gasteiger partial charge is 0.497 e. The summed E-state index contributed by atoms with van der Waals surface area (Å²) >= 11 is 6.30. The van der Waals surface area contributed by atoms with Crippen LogP contribution < -0.4 is 28.6 Å². The van der Waals surface area contributed by atoms with Crippen LogP contribution in [0.4, 0.5) is 5.69 Å². The zero-order chi connectivity index (χ0) is 32.4. The predicted molar refractivity (Wildman–Crippen MR) is 168 cm³/mol. The van der Waals surface area contributed by atoms with E-state index >= 15 is 0 Å². The number of ether oxygens (including phenoxy) is 4. The van der Waals surface area contributed by atoms with Gasteiger partial charge in [0.05, 0.1) is 39.0 Å². The Morgan fingerprint density at radius 2 is 1.50 bits per heavy atom. The van der Waals surface area contributed by atoms with E-state index in [2.05, 4.69) is 5.32 Å². The topological polar surface area (TPSA) is 124 Å². The van der Waals surface area contributed by atoms with Crippen molar-refractivity contribution in [3.63, 3.8) is 0 Å². The molecule has 3 rings (SSSR count). The Kier molecular flexibility index (Phi) is 12.1. The summed E-state index contributed by atoms with van der Waals surface area (Å²) in [6, 6.07) is 14.7. The van der Waals surface area contributed by atoms with Gasteiger partial charge in [0.15, 0.2) is 11.5 Å². The molecular formula is C31H38ClN3O8S. The van der Waals surface area contributed by atoms with Gasteiger partial charge in [-0.1, -0.05) is 30.7 Å². The fourth-order valence-electron chi connectivity index (χ4n) is 4.38. The lowest BCUT2D eigenvalue weighted by Crippen LogP contribution is -2.51. The van der Waals surface area contributed by atoms with Gasteiger partial charge >= 0.3 is 0 Å². The number of benzene rings is 3. The summed E-state index contributed by atoms with van der Waals surface area (Å²) in [5.41, 5.74) is 0.750. The molecule has 0 aromatic heterocycles. The number of hydrogen-bond acceptors (Lipinski definition) is 8. The summed E-state index contributed by atoms with van der Waals surface area (Å²) in [5.74, 6) is 0.295. The van der Waals surface area contributed by atoms with Crippen molar-refractivity contribution in [3.8, 4) is 23.0 Å². The molecule has 2 amide bonds. The normalized spacial score (nSPS) is 11.7. The maximum Gasteiger partial charge on any atom is 0.265 e. The van der Waals surface area contributed by atoms with Gasteiger partial charge in [0.25, 0.3) is 10.0 Å². The molecule has 0 saturated heterocycles. The summed E-state index contributed by atoms with van der Waals surface area (Å²) < 4.78 is 50.8. The first-order chi connectivity index (χ1) is 21.0. The van der Waals surface area contributed by atoms with Gasteiger partial charge < -0.3 is 29.2 Å². The third-order valence-corrected chi connectivity index (χ3v) is 8.85. The Morgan fingerprint density at radius 3 is 2.09 bits per heavy atom. The number of halogens is 1. The summed E-state index contributed by atoms with van der Waals surface area (Å²) in [6.45, 7) is 3.29. The van der Waals surface area contributed by atoms with Crippen molar-refractivity contribution in [2.45, 2.75) is 37.8 Å². The number of nitrogens with zero attached hydrogens (tertiary/aromatic N) is 2. The first-order valence-electron chi connectivity index (χ1n) is 13.8. The standard InChI is InChI=1S/C31H38ClN3O8S/c1-7-16-33-31(37)21(2)34(19-22-8-11-24(40-3)12-9-22)30(36)20-35(26-17-23(32)10-14-27(26)41-4)44(38,39)25-13-15-28(42-5)29(18-25)43-6/h8-15,17-18,21H,7,16,19-20H2,1-6H3,(H,33,37)/t21-/m0/s1.